The Kier molecular flexibility index (Phi) is 4.72. The number of carbonyl (C=O) groups is 4. The lowest BCUT2D eigenvalue weighted by Gasteiger charge is -2.35. The number of hydrogen-bond donors (Lipinski definition) is 0. The van der Waals surface area contributed by atoms with E-state index in [0.717, 1.165) is 11.1 Å². The van der Waals surface area contributed by atoms with Crippen LogP contribution in [0, 0.1) is 11.8 Å². The van der Waals surface area contributed by atoms with Crippen LogP contribution in [0.25, 0.3) is 0 Å². The van der Waals surface area contributed by atoms with E-state index in [2.05, 4.69) is 0 Å². The van der Waals surface area contributed by atoms with Crippen LogP contribution in [0.4, 0.5) is 0 Å². The SMILES string of the molecule is CCN1C(=O)[C@@H]2[C@@H](C1=O)N1[C@H](c3ccccc3)[C@@H]3C(=O)N(CC)C(=O)[C@@H]3N1[C@@H]2c1ccccc1. The summed E-state index contributed by atoms with van der Waals surface area (Å²) in [5, 5.41) is 3.82. The molecule has 4 heterocycles. The lowest BCUT2D eigenvalue weighted by molar-refractivity contribution is -0.152. The normalized spacial score (nSPS) is 33.1. The highest BCUT2D eigenvalue weighted by atomic mass is 16.2. The van der Waals surface area contributed by atoms with E-state index < -0.39 is 36.0 Å². The van der Waals surface area contributed by atoms with Crippen molar-refractivity contribution in [3.63, 3.8) is 0 Å². The zero-order valence-corrected chi connectivity index (χ0v) is 19.1. The zero-order valence-electron chi connectivity index (χ0n) is 19.1. The second-order valence-corrected chi connectivity index (χ2v) is 9.25. The van der Waals surface area contributed by atoms with Crippen LogP contribution in [-0.4, -0.2) is 68.6 Å². The van der Waals surface area contributed by atoms with Crippen molar-refractivity contribution in [2.75, 3.05) is 13.1 Å². The van der Waals surface area contributed by atoms with E-state index >= 15 is 0 Å². The monoisotopic (exact) mass is 458 g/mol. The quantitative estimate of drug-likeness (QED) is 0.650. The topological polar surface area (TPSA) is 81.2 Å². The molecule has 0 unspecified atom stereocenters. The van der Waals surface area contributed by atoms with Crippen molar-refractivity contribution in [3.05, 3.63) is 71.8 Å². The Balaban J connectivity index is 1.59. The zero-order chi connectivity index (χ0) is 23.7. The second kappa shape index (κ2) is 7.58. The van der Waals surface area contributed by atoms with E-state index in [4.69, 9.17) is 0 Å². The maximum Gasteiger partial charge on any atom is 0.248 e. The molecule has 174 valence electrons. The van der Waals surface area contributed by atoms with E-state index in [9.17, 15) is 19.2 Å². The number of benzene rings is 2. The standard InChI is InChI=1S/C26H26N4O4/c1-3-27-23(31)17-19(15-11-7-5-8-12-15)30-22-18(24(32)28(4-2)26(22)34)20(16-13-9-6-10-14-16)29(30)21(17)25(27)33/h5-14,17-22H,3-4H2,1-2H3/t17-,18-,19+,20+,21-,22+/m0/s1. The molecule has 2 aromatic carbocycles. The first-order chi connectivity index (χ1) is 16.5. The second-order valence-electron chi connectivity index (χ2n) is 9.25. The molecule has 4 amide bonds. The molecule has 6 atom stereocenters. The molecular formula is C26H26N4O4. The maximum atomic E-state index is 13.6. The predicted octanol–water partition coefficient (Wildman–Crippen LogP) is 1.76. The first-order valence-corrected chi connectivity index (χ1v) is 11.9. The number of likely N-dealkylation sites (tertiary alicyclic amines) is 2. The summed E-state index contributed by atoms with van der Waals surface area (Å²) in [7, 11) is 0. The third-order valence-electron chi connectivity index (χ3n) is 7.82. The lowest BCUT2D eigenvalue weighted by Crippen LogP contribution is -2.49. The number of rotatable bonds is 4. The summed E-state index contributed by atoms with van der Waals surface area (Å²) in [5.41, 5.74) is 1.73. The summed E-state index contributed by atoms with van der Waals surface area (Å²) in [5.74, 6) is -2.22. The van der Waals surface area contributed by atoms with Gasteiger partial charge in [-0.2, -0.15) is 0 Å². The van der Waals surface area contributed by atoms with Gasteiger partial charge in [-0.3, -0.25) is 29.0 Å². The van der Waals surface area contributed by atoms with Crippen LogP contribution in [0.2, 0.25) is 0 Å². The summed E-state index contributed by atoms with van der Waals surface area (Å²) in [6.07, 6.45) is 0. The smallest absolute Gasteiger partial charge is 0.248 e. The molecule has 0 spiro atoms. The fourth-order valence-electron chi connectivity index (χ4n) is 6.54. The maximum absolute atomic E-state index is 13.6. The molecule has 34 heavy (non-hydrogen) atoms. The molecule has 4 saturated heterocycles. The average Bonchev–Trinajstić information content (AvgIpc) is 3.51. The van der Waals surface area contributed by atoms with Gasteiger partial charge in [0.2, 0.25) is 23.6 Å². The number of amides is 4. The van der Waals surface area contributed by atoms with Crippen LogP contribution < -0.4 is 0 Å². The summed E-state index contributed by atoms with van der Waals surface area (Å²) in [6.45, 7) is 4.19. The first kappa shape index (κ1) is 21.2. The van der Waals surface area contributed by atoms with Gasteiger partial charge in [0.15, 0.2) is 0 Å². The molecule has 0 N–H and O–H groups in total. The van der Waals surface area contributed by atoms with Gasteiger partial charge in [-0.25, -0.2) is 10.0 Å². The largest absolute Gasteiger partial charge is 0.281 e. The summed E-state index contributed by atoms with van der Waals surface area (Å²) in [4.78, 5) is 56.9. The van der Waals surface area contributed by atoms with E-state index in [-0.39, 0.29) is 23.6 Å². The van der Waals surface area contributed by atoms with Crippen LogP contribution in [0.15, 0.2) is 60.7 Å². The molecule has 4 aliphatic heterocycles. The molecule has 6 rings (SSSR count). The van der Waals surface area contributed by atoms with Crippen molar-refractivity contribution < 1.29 is 19.2 Å². The third kappa shape index (κ3) is 2.55. The van der Waals surface area contributed by atoms with Crippen LogP contribution >= 0.6 is 0 Å². The molecule has 0 aromatic heterocycles. The van der Waals surface area contributed by atoms with Gasteiger partial charge in [0.25, 0.3) is 0 Å². The fourth-order valence-corrected chi connectivity index (χ4v) is 6.54. The van der Waals surface area contributed by atoms with Crippen molar-refractivity contribution in [2.24, 2.45) is 11.8 Å². The highest BCUT2D eigenvalue weighted by Gasteiger charge is 2.73. The van der Waals surface area contributed by atoms with Gasteiger partial charge in [-0.05, 0) is 25.0 Å². The first-order valence-electron chi connectivity index (χ1n) is 11.9. The van der Waals surface area contributed by atoms with E-state index in [1.165, 1.54) is 9.80 Å². The minimum absolute atomic E-state index is 0.215. The van der Waals surface area contributed by atoms with Crippen LogP contribution in [-0.2, 0) is 19.2 Å². The molecule has 8 heteroatoms. The number of imide groups is 2. The number of nitrogens with zero attached hydrogens (tertiary/aromatic N) is 4. The van der Waals surface area contributed by atoms with Gasteiger partial charge < -0.3 is 0 Å². The minimum atomic E-state index is -0.746. The van der Waals surface area contributed by atoms with Crippen molar-refractivity contribution in [1.29, 1.82) is 0 Å². The van der Waals surface area contributed by atoms with Crippen molar-refractivity contribution in [2.45, 2.75) is 38.0 Å². The van der Waals surface area contributed by atoms with E-state index in [0.29, 0.717) is 13.1 Å². The molecule has 4 aliphatic rings. The number of hydrazine groups is 1. The van der Waals surface area contributed by atoms with Crippen LogP contribution in [0.3, 0.4) is 0 Å². The highest BCUT2D eigenvalue weighted by molar-refractivity contribution is 6.10. The number of likely N-dealkylation sites (N-methyl/N-ethyl adjacent to an activating group) is 2. The van der Waals surface area contributed by atoms with Crippen molar-refractivity contribution >= 4 is 23.6 Å². The van der Waals surface area contributed by atoms with E-state index in [1.807, 2.05) is 70.7 Å². The molecule has 8 nitrogen and oxygen atoms in total. The summed E-state index contributed by atoms with van der Waals surface area (Å²) in [6, 6.07) is 16.6. The molecule has 0 aliphatic carbocycles. The van der Waals surface area contributed by atoms with Gasteiger partial charge in [-0.1, -0.05) is 60.7 Å². The number of fused-ring (bicyclic) bond motifs is 5. The molecular weight excluding hydrogens is 432 g/mol. The predicted molar refractivity (Wildman–Crippen MR) is 121 cm³/mol. The fraction of sp³-hybridized carbons (Fsp3) is 0.385. The Morgan fingerprint density at radius 1 is 0.529 bits per heavy atom. The number of hydrogen-bond acceptors (Lipinski definition) is 6. The van der Waals surface area contributed by atoms with E-state index in [1.54, 1.807) is 13.8 Å². The highest BCUT2D eigenvalue weighted by Crippen LogP contribution is 2.58. The van der Waals surface area contributed by atoms with Gasteiger partial charge in [-0.15, -0.1) is 0 Å². The van der Waals surface area contributed by atoms with Gasteiger partial charge >= 0.3 is 0 Å². The molecule has 2 aromatic rings. The minimum Gasteiger partial charge on any atom is -0.281 e. The molecule has 0 radical (unpaired) electrons. The summed E-state index contributed by atoms with van der Waals surface area (Å²) >= 11 is 0. The third-order valence-corrected chi connectivity index (χ3v) is 7.82. The number of carbonyl (C=O) groups excluding carboxylic acids is 4. The molecule has 0 bridgehead atoms. The molecule has 0 saturated carbocycles. The van der Waals surface area contributed by atoms with Crippen LogP contribution in [0.5, 0.6) is 0 Å². The molecule has 4 fully saturated rings. The Labute approximate surface area is 197 Å². The Bertz CT molecular complexity index is 1090. The van der Waals surface area contributed by atoms with Crippen molar-refractivity contribution in [3.8, 4) is 0 Å². The van der Waals surface area contributed by atoms with Gasteiger partial charge in [0.05, 0.1) is 23.9 Å². The average molecular weight is 459 g/mol. The lowest BCUT2D eigenvalue weighted by atomic mass is 9.84. The van der Waals surface area contributed by atoms with Crippen LogP contribution in [0.1, 0.15) is 37.1 Å². The van der Waals surface area contributed by atoms with Gasteiger partial charge in [0, 0.05) is 13.1 Å². The summed E-state index contributed by atoms with van der Waals surface area (Å²) < 4.78 is 0. The van der Waals surface area contributed by atoms with Crippen molar-refractivity contribution in [1.82, 2.24) is 19.8 Å². The Morgan fingerprint density at radius 2 is 0.882 bits per heavy atom. The van der Waals surface area contributed by atoms with Gasteiger partial charge in [0.1, 0.15) is 12.1 Å². The Hall–Kier alpha value is -3.36. The Morgan fingerprint density at radius 3 is 1.21 bits per heavy atom.